The molecule has 0 spiro atoms. The summed E-state index contributed by atoms with van der Waals surface area (Å²) in [7, 11) is 0. The second-order valence-corrected chi connectivity index (χ2v) is 7.76. The van der Waals surface area contributed by atoms with Gasteiger partial charge in [0.2, 0.25) is 0 Å². The first-order valence-corrected chi connectivity index (χ1v) is 8.85. The molecule has 0 unspecified atom stereocenters. The predicted octanol–water partition coefficient (Wildman–Crippen LogP) is 7.29. The van der Waals surface area contributed by atoms with Crippen molar-refractivity contribution in [2.45, 2.75) is 0 Å². The maximum atomic E-state index is 3.76. The highest BCUT2D eigenvalue weighted by Crippen LogP contribution is 2.50. The molecule has 0 amide bonds. The van der Waals surface area contributed by atoms with Crippen molar-refractivity contribution in [1.29, 1.82) is 0 Å². The summed E-state index contributed by atoms with van der Waals surface area (Å²) in [4.78, 5) is 0. The molecule has 6 aromatic rings. The largest absolute Gasteiger partial charge is 0.0537 e. The lowest BCUT2D eigenvalue weighted by Crippen LogP contribution is -1.79. The van der Waals surface area contributed by atoms with Gasteiger partial charge in [-0.05, 0) is 66.0 Å². The van der Waals surface area contributed by atoms with E-state index in [0.717, 1.165) is 0 Å². The molecule has 0 bridgehead atoms. The Morgan fingerprint density at radius 3 is 1.36 bits per heavy atom. The molecule has 0 nitrogen and oxygen atoms in total. The molecular formula is C20H8Br2. The van der Waals surface area contributed by atoms with Gasteiger partial charge in [0.25, 0.3) is 0 Å². The Bertz CT molecular complexity index is 1230. The van der Waals surface area contributed by atoms with Crippen LogP contribution >= 0.6 is 31.9 Å². The van der Waals surface area contributed by atoms with E-state index in [1.807, 2.05) is 0 Å². The van der Waals surface area contributed by atoms with Crippen LogP contribution < -0.4 is 0 Å². The topological polar surface area (TPSA) is 0 Å². The summed E-state index contributed by atoms with van der Waals surface area (Å²) >= 11 is 7.53. The normalized spacial score (nSPS) is 13.0. The monoisotopic (exact) mass is 406 g/mol. The van der Waals surface area contributed by atoms with Crippen LogP contribution in [-0.4, -0.2) is 0 Å². The van der Waals surface area contributed by atoms with Crippen molar-refractivity contribution < 1.29 is 0 Å². The van der Waals surface area contributed by atoms with Crippen LogP contribution in [0.15, 0.2) is 57.5 Å². The molecule has 102 valence electrons. The summed E-state index contributed by atoms with van der Waals surface area (Å²) in [5, 5.41) is 13.7. The Kier molecular flexibility index (Phi) is 1.96. The molecule has 0 fully saturated rings. The van der Waals surface area contributed by atoms with Crippen molar-refractivity contribution in [3.8, 4) is 0 Å². The molecule has 0 aliphatic rings. The van der Waals surface area contributed by atoms with E-state index in [1.165, 1.54) is 62.8 Å². The number of benzene rings is 5. The van der Waals surface area contributed by atoms with Crippen LogP contribution in [0.25, 0.3) is 53.9 Å². The van der Waals surface area contributed by atoms with E-state index in [0.29, 0.717) is 0 Å². The zero-order valence-electron chi connectivity index (χ0n) is 11.4. The minimum Gasteiger partial charge on any atom is -0.0537 e. The molecule has 0 aliphatic carbocycles. The van der Waals surface area contributed by atoms with Gasteiger partial charge in [-0.1, -0.05) is 68.3 Å². The van der Waals surface area contributed by atoms with Crippen molar-refractivity contribution in [3.05, 3.63) is 57.5 Å². The number of rotatable bonds is 0. The van der Waals surface area contributed by atoms with Crippen LogP contribution in [0.1, 0.15) is 0 Å². The zero-order valence-corrected chi connectivity index (χ0v) is 14.5. The van der Waals surface area contributed by atoms with Crippen LogP contribution in [0.4, 0.5) is 0 Å². The standard InChI is InChI=1S/C20H8Br2/c21-14-7-10-1-2-11-8-15(22)13-6-4-9-3-5-12(14)19-16(9)20(13)18(11)17(10)19/h1-8H. The smallest absolute Gasteiger partial charge is 0.0260 e. The fourth-order valence-electron chi connectivity index (χ4n) is 4.18. The van der Waals surface area contributed by atoms with Gasteiger partial charge in [-0.25, -0.2) is 0 Å². The van der Waals surface area contributed by atoms with Gasteiger partial charge in [0.15, 0.2) is 0 Å². The Balaban J connectivity index is 2.23. The zero-order chi connectivity index (χ0) is 14.6. The van der Waals surface area contributed by atoms with E-state index < -0.39 is 0 Å². The van der Waals surface area contributed by atoms with E-state index in [9.17, 15) is 0 Å². The first kappa shape index (κ1) is 11.9. The highest BCUT2D eigenvalue weighted by molar-refractivity contribution is 9.11. The summed E-state index contributed by atoms with van der Waals surface area (Å²) in [6.07, 6.45) is 0. The summed E-state index contributed by atoms with van der Waals surface area (Å²) in [5.74, 6) is 0. The number of hydrogen-bond donors (Lipinski definition) is 0. The fourth-order valence-corrected chi connectivity index (χ4v) is 5.33. The Morgan fingerprint density at radius 2 is 0.864 bits per heavy atom. The molecule has 0 radical (unpaired) electrons. The molecule has 0 N–H and O–H groups in total. The second kappa shape index (κ2) is 3.64. The molecule has 2 heteroatoms. The van der Waals surface area contributed by atoms with Gasteiger partial charge in [-0.2, -0.15) is 0 Å². The molecule has 6 aromatic carbocycles. The molecule has 0 aliphatic heterocycles. The predicted molar refractivity (Wildman–Crippen MR) is 103 cm³/mol. The lowest BCUT2D eigenvalue weighted by atomic mass is 10.00. The van der Waals surface area contributed by atoms with Crippen molar-refractivity contribution in [1.82, 2.24) is 0 Å². The first-order chi connectivity index (χ1) is 10.7. The van der Waals surface area contributed by atoms with E-state index in [1.54, 1.807) is 0 Å². The summed E-state index contributed by atoms with van der Waals surface area (Å²) in [5.41, 5.74) is 0. The second-order valence-electron chi connectivity index (χ2n) is 6.05. The average Bonchev–Trinajstić information content (AvgIpc) is 2.88. The first-order valence-electron chi connectivity index (χ1n) is 7.26. The van der Waals surface area contributed by atoms with Gasteiger partial charge in [-0.3, -0.25) is 0 Å². The van der Waals surface area contributed by atoms with Crippen molar-refractivity contribution in [2.75, 3.05) is 0 Å². The maximum absolute atomic E-state index is 3.76. The van der Waals surface area contributed by atoms with E-state index in [2.05, 4.69) is 80.4 Å². The summed E-state index contributed by atoms with van der Waals surface area (Å²) in [6.45, 7) is 0. The van der Waals surface area contributed by atoms with Crippen molar-refractivity contribution in [2.24, 2.45) is 0 Å². The van der Waals surface area contributed by atoms with E-state index in [4.69, 9.17) is 0 Å². The lowest BCUT2D eigenvalue weighted by molar-refractivity contribution is 1.82. The molecule has 0 saturated heterocycles. The third kappa shape index (κ3) is 1.15. The van der Waals surface area contributed by atoms with Crippen LogP contribution in [0.3, 0.4) is 0 Å². The molecule has 0 saturated carbocycles. The fraction of sp³-hybridized carbons (Fsp3) is 0. The molecular weight excluding hydrogens is 400 g/mol. The molecule has 0 aromatic heterocycles. The highest BCUT2D eigenvalue weighted by atomic mass is 79.9. The van der Waals surface area contributed by atoms with Gasteiger partial charge in [0.1, 0.15) is 0 Å². The minimum atomic E-state index is 1.18. The van der Waals surface area contributed by atoms with Crippen LogP contribution in [-0.2, 0) is 0 Å². The van der Waals surface area contributed by atoms with Crippen LogP contribution in [0.5, 0.6) is 0 Å². The van der Waals surface area contributed by atoms with Crippen molar-refractivity contribution >= 4 is 85.7 Å². The van der Waals surface area contributed by atoms with Gasteiger partial charge in [0.05, 0.1) is 0 Å². The van der Waals surface area contributed by atoms with E-state index in [-0.39, 0.29) is 0 Å². The van der Waals surface area contributed by atoms with Crippen LogP contribution in [0.2, 0.25) is 0 Å². The number of halogens is 2. The molecule has 6 rings (SSSR count). The SMILES string of the molecule is Brc1cc2ccc3cc(Br)c4ccc5ccc1c1c2c3c4c51. The quantitative estimate of drug-likeness (QED) is 0.232. The summed E-state index contributed by atoms with van der Waals surface area (Å²) < 4.78 is 2.36. The lowest BCUT2D eigenvalue weighted by Gasteiger charge is -2.06. The Hall–Kier alpha value is -1.64. The van der Waals surface area contributed by atoms with Crippen LogP contribution in [0, 0.1) is 0 Å². The van der Waals surface area contributed by atoms with Gasteiger partial charge in [0, 0.05) is 8.95 Å². The Morgan fingerprint density at radius 1 is 0.455 bits per heavy atom. The Labute approximate surface area is 143 Å². The number of hydrogen-bond acceptors (Lipinski definition) is 0. The van der Waals surface area contributed by atoms with Gasteiger partial charge < -0.3 is 0 Å². The molecule has 0 atom stereocenters. The maximum Gasteiger partial charge on any atom is 0.0260 e. The van der Waals surface area contributed by atoms with Crippen molar-refractivity contribution in [3.63, 3.8) is 0 Å². The van der Waals surface area contributed by atoms with E-state index >= 15 is 0 Å². The summed E-state index contributed by atoms with van der Waals surface area (Å²) in [6, 6.07) is 18.0. The molecule has 22 heavy (non-hydrogen) atoms. The minimum absolute atomic E-state index is 1.18. The average molecular weight is 408 g/mol. The highest BCUT2D eigenvalue weighted by Gasteiger charge is 2.21. The third-order valence-electron chi connectivity index (χ3n) is 5.04. The third-order valence-corrected chi connectivity index (χ3v) is 6.35. The molecule has 0 heterocycles. The van der Waals surface area contributed by atoms with Gasteiger partial charge >= 0.3 is 0 Å². The van der Waals surface area contributed by atoms with Gasteiger partial charge in [-0.15, -0.1) is 0 Å².